The molecule has 0 spiro atoms. The van der Waals surface area contributed by atoms with Crippen LogP contribution in [0.5, 0.6) is 0 Å². The molecule has 0 saturated heterocycles. The molecule has 0 aromatic carbocycles. The summed E-state index contributed by atoms with van der Waals surface area (Å²) in [6.45, 7) is 3.67. The van der Waals surface area contributed by atoms with Crippen LogP contribution in [0.1, 0.15) is 0 Å². The molecule has 1 N–H and O–H groups in total. The van der Waals surface area contributed by atoms with E-state index in [1.165, 1.54) is 0 Å². The number of allylic oxidation sites excluding steroid dienone is 5. The summed E-state index contributed by atoms with van der Waals surface area (Å²) in [4.78, 5) is 15.1. The van der Waals surface area contributed by atoms with Crippen molar-refractivity contribution in [3.05, 3.63) is 82.9 Å². The molecule has 22 heavy (non-hydrogen) atoms. The van der Waals surface area contributed by atoms with Gasteiger partial charge in [0.1, 0.15) is 5.69 Å². The number of nitrogens with one attached hydrogen (secondary N) is 1. The Kier molecular flexibility index (Phi) is 3.60. The molecule has 3 rings (SSSR count). The van der Waals surface area contributed by atoms with Gasteiger partial charge in [-0.15, -0.1) is 5.73 Å². The van der Waals surface area contributed by atoms with E-state index in [1.54, 1.807) is 12.1 Å². The zero-order valence-corrected chi connectivity index (χ0v) is 12.2. The maximum atomic E-state index is 12.2. The maximum Gasteiger partial charge on any atom is 0.274 e. The minimum Gasteiger partial charge on any atom is -0.320 e. The summed E-state index contributed by atoms with van der Waals surface area (Å²) in [5.74, 6) is 0. The van der Waals surface area contributed by atoms with Gasteiger partial charge >= 0.3 is 0 Å². The van der Waals surface area contributed by atoms with E-state index in [-0.39, 0.29) is 5.56 Å². The molecule has 4 nitrogen and oxygen atoms in total. The third-order valence-electron chi connectivity index (χ3n) is 3.43. The fraction of sp³-hybridized carbons (Fsp3) is 0.0556. The number of hydrazone groups is 1. The van der Waals surface area contributed by atoms with E-state index in [0.717, 1.165) is 16.8 Å². The highest BCUT2D eigenvalue weighted by Gasteiger charge is 2.18. The largest absolute Gasteiger partial charge is 0.320 e. The second-order valence-corrected chi connectivity index (χ2v) is 4.86. The average Bonchev–Trinajstić information content (AvgIpc) is 2.68. The summed E-state index contributed by atoms with van der Waals surface area (Å²) >= 11 is 0. The number of hydrogen-bond donors (Lipinski definition) is 1. The molecular weight excluding hydrogens is 274 g/mol. The number of aromatic amines is 1. The van der Waals surface area contributed by atoms with Gasteiger partial charge in [0.2, 0.25) is 0 Å². The fourth-order valence-corrected chi connectivity index (χ4v) is 2.41. The summed E-state index contributed by atoms with van der Waals surface area (Å²) in [5, 5.41) is 6.11. The minimum absolute atomic E-state index is 0.160. The Morgan fingerprint density at radius 1 is 1.18 bits per heavy atom. The van der Waals surface area contributed by atoms with Crippen molar-refractivity contribution in [3.63, 3.8) is 0 Å². The van der Waals surface area contributed by atoms with E-state index in [2.05, 4.69) is 22.4 Å². The molecule has 0 bridgehead atoms. The Bertz CT molecular complexity index is 879. The Hall–Kier alpha value is -3.10. The van der Waals surface area contributed by atoms with Crippen LogP contribution in [0.25, 0.3) is 11.3 Å². The minimum atomic E-state index is -0.160. The van der Waals surface area contributed by atoms with Crippen molar-refractivity contribution in [2.24, 2.45) is 5.10 Å². The first-order valence-corrected chi connectivity index (χ1v) is 6.89. The highest BCUT2D eigenvalue weighted by atomic mass is 16.1. The lowest BCUT2D eigenvalue weighted by atomic mass is 10.1. The van der Waals surface area contributed by atoms with Gasteiger partial charge in [0.25, 0.3) is 5.56 Å². The number of fused-ring (bicyclic) bond motifs is 1. The molecule has 1 heterocycles. The van der Waals surface area contributed by atoms with Crippen LogP contribution >= 0.6 is 0 Å². The van der Waals surface area contributed by atoms with E-state index >= 15 is 0 Å². The van der Waals surface area contributed by atoms with Crippen molar-refractivity contribution in [2.45, 2.75) is 0 Å². The smallest absolute Gasteiger partial charge is 0.274 e. The maximum absolute atomic E-state index is 12.2. The molecule has 0 aromatic heterocycles. The Balaban J connectivity index is 2.08. The van der Waals surface area contributed by atoms with Crippen LogP contribution in [0.2, 0.25) is 0 Å². The lowest BCUT2D eigenvalue weighted by Crippen LogP contribution is -2.19. The Morgan fingerprint density at radius 2 is 1.95 bits per heavy atom. The van der Waals surface area contributed by atoms with Gasteiger partial charge in [-0.2, -0.15) is 5.10 Å². The van der Waals surface area contributed by atoms with Crippen molar-refractivity contribution in [1.82, 2.24) is 4.98 Å². The number of anilines is 1. The summed E-state index contributed by atoms with van der Waals surface area (Å²) in [6.07, 6.45) is 7.54. The fourth-order valence-electron chi connectivity index (χ4n) is 2.41. The lowest BCUT2D eigenvalue weighted by molar-refractivity contribution is 1.01. The van der Waals surface area contributed by atoms with Gasteiger partial charge < -0.3 is 4.98 Å². The standard InChI is InChI=1S/C18H15N3O/c1-3-13-9-7-8-11-15(13)20-21(2)17-14-10-5-4-6-12-16(14)19-18(17)22/h4-12H,1H2,2H3,(H,19,22)/b20-15-. The van der Waals surface area contributed by atoms with Crippen molar-refractivity contribution >= 4 is 11.4 Å². The van der Waals surface area contributed by atoms with Gasteiger partial charge in [-0.1, -0.05) is 43.0 Å². The van der Waals surface area contributed by atoms with Crippen LogP contribution in [0, 0.1) is 0 Å². The first-order chi connectivity index (χ1) is 10.7. The van der Waals surface area contributed by atoms with Crippen molar-refractivity contribution in [1.29, 1.82) is 0 Å². The third-order valence-corrected chi connectivity index (χ3v) is 3.43. The molecule has 0 unspecified atom stereocenters. The number of aromatic nitrogens is 1. The number of nitrogens with zero attached hydrogens (tertiary/aromatic N) is 2. The predicted molar refractivity (Wildman–Crippen MR) is 90.5 cm³/mol. The molecule has 2 aliphatic carbocycles. The second kappa shape index (κ2) is 5.72. The third kappa shape index (κ3) is 2.43. The van der Waals surface area contributed by atoms with Crippen molar-refractivity contribution < 1.29 is 0 Å². The van der Waals surface area contributed by atoms with Crippen LogP contribution in [-0.4, -0.2) is 17.7 Å². The molecule has 108 valence electrons. The number of H-pyrrole nitrogens is 1. The molecule has 0 saturated carbocycles. The Morgan fingerprint density at radius 3 is 2.77 bits per heavy atom. The predicted octanol–water partition coefficient (Wildman–Crippen LogP) is 3.11. The van der Waals surface area contributed by atoms with Gasteiger partial charge in [0.05, 0.1) is 11.4 Å². The lowest BCUT2D eigenvalue weighted by Gasteiger charge is -2.14. The van der Waals surface area contributed by atoms with Gasteiger partial charge in [0, 0.05) is 18.2 Å². The van der Waals surface area contributed by atoms with Crippen molar-refractivity contribution in [3.8, 4) is 11.3 Å². The second-order valence-electron chi connectivity index (χ2n) is 4.86. The molecule has 1 aliphatic heterocycles. The van der Waals surface area contributed by atoms with Gasteiger partial charge in [-0.3, -0.25) is 9.80 Å². The monoisotopic (exact) mass is 289 g/mol. The molecular formula is C18H15N3O. The first-order valence-electron chi connectivity index (χ1n) is 6.89. The van der Waals surface area contributed by atoms with E-state index in [4.69, 9.17) is 0 Å². The molecule has 0 atom stereocenters. The molecule has 0 aromatic rings. The molecule has 0 fully saturated rings. The average molecular weight is 289 g/mol. The van der Waals surface area contributed by atoms with E-state index in [1.807, 2.05) is 54.6 Å². The van der Waals surface area contributed by atoms with Gasteiger partial charge in [-0.05, 0) is 18.2 Å². The van der Waals surface area contributed by atoms with Crippen LogP contribution < -0.4 is 10.6 Å². The number of rotatable bonds is 2. The molecule has 4 heteroatoms. The highest BCUT2D eigenvalue weighted by molar-refractivity contribution is 6.11. The number of hydrogen-bond acceptors (Lipinski definition) is 3. The van der Waals surface area contributed by atoms with Crippen molar-refractivity contribution in [2.75, 3.05) is 12.1 Å². The van der Waals surface area contributed by atoms with E-state index < -0.39 is 0 Å². The molecule has 0 amide bonds. The van der Waals surface area contributed by atoms with Crippen LogP contribution in [0.4, 0.5) is 5.69 Å². The normalized spacial score (nSPS) is 15.3. The quantitative estimate of drug-likeness (QED) is 0.682. The molecule has 0 radical (unpaired) electrons. The van der Waals surface area contributed by atoms with E-state index in [9.17, 15) is 4.79 Å². The zero-order chi connectivity index (χ0) is 15.5. The summed E-state index contributed by atoms with van der Waals surface area (Å²) < 4.78 is 0. The van der Waals surface area contributed by atoms with E-state index in [0.29, 0.717) is 11.4 Å². The topological polar surface area (TPSA) is 48.5 Å². The zero-order valence-electron chi connectivity index (χ0n) is 12.2. The first kappa shape index (κ1) is 13.9. The Labute approximate surface area is 128 Å². The van der Waals surface area contributed by atoms with Crippen LogP contribution in [0.15, 0.2) is 82.4 Å². The summed E-state index contributed by atoms with van der Waals surface area (Å²) in [6, 6.07) is 9.49. The molecule has 3 aliphatic rings. The van der Waals surface area contributed by atoms with Gasteiger partial charge in [-0.25, -0.2) is 0 Å². The summed E-state index contributed by atoms with van der Waals surface area (Å²) in [5.41, 5.74) is 6.34. The highest BCUT2D eigenvalue weighted by Crippen LogP contribution is 2.27. The van der Waals surface area contributed by atoms with Crippen LogP contribution in [-0.2, 0) is 0 Å². The summed E-state index contributed by atoms with van der Waals surface area (Å²) in [7, 11) is 1.76. The van der Waals surface area contributed by atoms with Crippen LogP contribution in [0.3, 0.4) is 0 Å². The SMILES string of the molecule is C=C=C1C=CC=C/C1=N/N(C)c1c2cccccc-2[nH]c1=O. The van der Waals surface area contributed by atoms with Gasteiger partial charge in [0.15, 0.2) is 0 Å².